The molecule has 0 aromatic heterocycles. The molecule has 1 atom stereocenters. The number of primary amides is 1. The molecule has 60 valence electrons. The zero-order valence-electron chi connectivity index (χ0n) is 6.17. The predicted octanol–water partition coefficient (Wildman–Crippen LogP) is -0.0578. The molecule has 0 bridgehead atoms. The molecule has 0 rings (SSSR count). The molecule has 1 amide bonds. The number of carbonyl (C=O) groups is 1. The summed E-state index contributed by atoms with van der Waals surface area (Å²) in [5, 5.41) is 0. The molecule has 10 heavy (non-hydrogen) atoms. The van der Waals surface area contributed by atoms with Gasteiger partial charge >= 0.3 is 0 Å². The van der Waals surface area contributed by atoms with Crippen LogP contribution in [0.1, 0.15) is 13.3 Å². The van der Waals surface area contributed by atoms with Crippen molar-refractivity contribution < 1.29 is 4.79 Å². The Hall–Kier alpha value is -0.220. The molecular weight excluding hydrogens is 148 g/mol. The van der Waals surface area contributed by atoms with Crippen molar-refractivity contribution in [2.24, 2.45) is 11.5 Å². The fraction of sp³-hybridized carbons (Fsp3) is 0.833. The van der Waals surface area contributed by atoms with Gasteiger partial charge in [-0.15, -0.1) is 0 Å². The molecule has 0 fully saturated rings. The van der Waals surface area contributed by atoms with Crippen LogP contribution in [-0.2, 0) is 4.79 Å². The van der Waals surface area contributed by atoms with E-state index in [2.05, 4.69) is 6.92 Å². The number of nitrogens with two attached hydrogens (primary N) is 2. The van der Waals surface area contributed by atoms with Crippen LogP contribution < -0.4 is 11.5 Å². The number of thioether (sulfide) groups is 1. The molecule has 0 heterocycles. The van der Waals surface area contributed by atoms with E-state index in [0.29, 0.717) is 6.42 Å². The number of amides is 1. The molecule has 0 saturated heterocycles. The van der Waals surface area contributed by atoms with E-state index in [0.717, 1.165) is 11.5 Å². The summed E-state index contributed by atoms with van der Waals surface area (Å²) in [6.07, 6.45) is 0.688. The lowest BCUT2D eigenvalue weighted by atomic mass is 10.2. The zero-order chi connectivity index (χ0) is 7.98. The number of hydrogen-bond acceptors (Lipinski definition) is 3. The molecule has 0 spiro atoms. The van der Waals surface area contributed by atoms with E-state index in [1.165, 1.54) is 0 Å². The summed E-state index contributed by atoms with van der Waals surface area (Å²) in [6, 6.07) is -0.459. The van der Waals surface area contributed by atoms with Crippen molar-refractivity contribution in [2.75, 3.05) is 11.5 Å². The monoisotopic (exact) mass is 162 g/mol. The molecule has 0 unspecified atom stereocenters. The van der Waals surface area contributed by atoms with E-state index in [-0.39, 0.29) is 0 Å². The molecule has 0 radical (unpaired) electrons. The second kappa shape index (κ2) is 5.56. The van der Waals surface area contributed by atoms with Gasteiger partial charge in [-0.25, -0.2) is 0 Å². The van der Waals surface area contributed by atoms with Crippen molar-refractivity contribution in [1.82, 2.24) is 0 Å². The van der Waals surface area contributed by atoms with E-state index in [4.69, 9.17) is 11.5 Å². The van der Waals surface area contributed by atoms with Crippen molar-refractivity contribution in [3.8, 4) is 0 Å². The van der Waals surface area contributed by atoms with Gasteiger partial charge < -0.3 is 11.5 Å². The minimum atomic E-state index is -0.459. The van der Waals surface area contributed by atoms with Gasteiger partial charge in [-0.05, 0) is 17.9 Å². The molecule has 4 heteroatoms. The second-order valence-corrected chi connectivity index (χ2v) is 3.39. The van der Waals surface area contributed by atoms with E-state index in [1.54, 1.807) is 11.8 Å². The Morgan fingerprint density at radius 3 is 2.70 bits per heavy atom. The Morgan fingerprint density at radius 2 is 2.30 bits per heavy atom. The minimum absolute atomic E-state index is 0.406. The van der Waals surface area contributed by atoms with Gasteiger partial charge in [-0.1, -0.05) is 6.92 Å². The van der Waals surface area contributed by atoms with Gasteiger partial charge in [0.05, 0.1) is 6.04 Å². The minimum Gasteiger partial charge on any atom is -0.368 e. The summed E-state index contributed by atoms with van der Waals surface area (Å²) < 4.78 is 0. The highest BCUT2D eigenvalue weighted by molar-refractivity contribution is 7.99. The van der Waals surface area contributed by atoms with Gasteiger partial charge in [0.15, 0.2) is 0 Å². The van der Waals surface area contributed by atoms with Gasteiger partial charge in [-0.2, -0.15) is 11.8 Å². The van der Waals surface area contributed by atoms with Gasteiger partial charge in [0, 0.05) is 0 Å². The zero-order valence-corrected chi connectivity index (χ0v) is 6.99. The number of rotatable bonds is 5. The standard InChI is InChI=1S/C6H14N2OS/c1-2-10-4-3-5(7)6(8)9/h5H,2-4,7H2,1H3,(H2,8,9)/t5-/m0/s1. The molecule has 0 aromatic carbocycles. The third-order valence-electron chi connectivity index (χ3n) is 1.14. The van der Waals surface area contributed by atoms with Crippen LogP contribution >= 0.6 is 11.8 Å². The molecular formula is C6H14N2OS. The highest BCUT2D eigenvalue weighted by atomic mass is 32.2. The van der Waals surface area contributed by atoms with Crippen molar-refractivity contribution in [3.63, 3.8) is 0 Å². The van der Waals surface area contributed by atoms with Crippen LogP contribution in [0.5, 0.6) is 0 Å². The van der Waals surface area contributed by atoms with Crippen LogP contribution in [0.2, 0.25) is 0 Å². The Balaban J connectivity index is 3.21. The summed E-state index contributed by atoms with van der Waals surface area (Å²) in [7, 11) is 0. The molecule has 4 N–H and O–H groups in total. The first-order valence-electron chi connectivity index (χ1n) is 3.31. The average molecular weight is 162 g/mol. The van der Waals surface area contributed by atoms with Crippen molar-refractivity contribution in [2.45, 2.75) is 19.4 Å². The lowest BCUT2D eigenvalue weighted by Crippen LogP contribution is -2.36. The van der Waals surface area contributed by atoms with E-state index in [9.17, 15) is 4.79 Å². The summed E-state index contributed by atoms with van der Waals surface area (Å²) in [4.78, 5) is 10.4. The molecule has 0 aliphatic heterocycles. The topological polar surface area (TPSA) is 69.1 Å². The SMILES string of the molecule is CCSCC[C@H](N)C(N)=O. The highest BCUT2D eigenvalue weighted by Gasteiger charge is 2.06. The first-order valence-corrected chi connectivity index (χ1v) is 4.46. The maximum Gasteiger partial charge on any atom is 0.234 e. The summed E-state index contributed by atoms with van der Waals surface area (Å²) in [5.74, 6) is 1.57. The maximum atomic E-state index is 10.4. The normalized spacial score (nSPS) is 13.0. The van der Waals surface area contributed by atoms with E-state index < -0.39 is 11.9 Å². The van der Waals surface area contributed by atoms with E-state index >= 15 is 0 Å². The molecule has 0 aliphatic rings. The fourth-order valence-electron chi connectivity index (χ4n) is 0.497. The largest absolute Gasteiger partial charge is 0.368 e. The van der Waals surface area contributed by atoms with Gasteiger partial charge in [0.2, 0.25) is 5.91 Å². The third kappa shape index (κ3) is 4.64. The van der Waals surface area contributed by atoms with Crippen molar-refractivity contribution >= 4 is 17.7 Å². The van der Waals surface area contributed by atoms with Crippen molar-refractivity contribution in [1.29, 1.82) is 0 Å². The molecule has 3 nitrogen and oxygen atoms in total. The van der Waals surface area contributed by atoms with Crippen LogP contribution in [0.25, 0.3) is 0 Å². The van der Waals surface area contributed by atoms with Gasteiger partial charge in [0.1, 0.15) is 0 Å². The summed E-state index contributed by atoms with van der Waals surface area (Å²) in [6.45, 7) is 2.07. The Morgan fingerprint density at radius 1 is 1.70 bits per heavy atom. The number of hydrogen-bond donors (Lipinski definition) is 2. The quantitative estimate of drug-likeness (QED) is 0.556. The molecule has 0 aliphatic carbocycles. The van der Waals surface area contributed by atoms with Crippen LogP contribution in [0, 0.1) is 0 Å². The summed E-state index contributed by atoms with van der Waals surface area (Å²) >= 11 is 1.77. The Kier molecular flexibility index (Phi) is 5.43. The average Bonchev–Trinajstić information content (AvgIpc) is 1.88. The smallest absolute Gasteiger partial charge is 0.234 e. The highest BCUT2D eigenvalue weighted by Crippen LogP contribution is 2.01. The maximum absolute atomic E-state index is 10.4. The van der Waals surface area contributed by atoms with Gasteiger partial charge in [0.25, 0.3) is 0 Å². The summed E-state index contributed by atoms with van der Waals surface area (Å²) in [5.41, 5.74) is 10.3. The number of carbonyl (C=O) groups excluding carboxylic acids is 1. The first-order chi connectivity index (χ1) is 4.68. The van der Waals surface area contributed by atoms with Crippen molar-refractivity contribution in [3.05, 3.63) is 0 Å². The van der Waals surface area contributed by atoms with E-state index in [1.807, 2.05) is 0 Å². The molecule has 0 aromatic rings. The lowest BCUT2D eigenvalue weighted by molar-refractivity contribution is -0.119. The fourth-order valence-corrected chi connectivity index (χ4v) is 1.21. The first kappa shape index (κ1) is 9.78. The van der Waals surface area contributed by atoms with Crippen LogP contribution in [-0.4, -0.2) is 23.5 Å². The third-order valence-corrected chi connectivity index (χ3v) is 2.08. The molecule has 0 saturated carbocycles. The Bertz CT molecular complexity index is 108. The van der Waals surface area contributed by atoms with Gasteiger partial charge in [-0.3, -0.25) is 4.79 Å². The van der Waals surface area contributed by atoms with Crippen LogP contribution in [0.4, 0.5) is 0 Å². The Labute approximate surface area is 65.5 Å². The predicted molar refractivity (Wildman–Crippen MR) is 44.8 cm³/mol. The lowest BCUT2D eigenvalue weighted by Gasteiger charge is -2.04. The second-order valence-electron chi connectivity index (χ2n) is 1.99. The van der Waals surface area contributed by atoms with Crippen LogP contribution in [0.15, 0.2) is 0 Å². The van der Waals surface area contributed by atoms with Crippen LogP contribution in [0.3, 0.4) is 0 Å².